The number of nitrogens with one attached hydrogen (secondary N) is 2. The van der Waals surface area contributed by atoms with Gasteiger partial charge in [0, 0.05) is 45.8 Å². The number of aryl methyl sites for hydroxylation is 2. The fourth-order valence-corrected chi connectivity index (χ4v) is 3.96. The summed E-state index contributed by atoms with van der Waals surface area (Å²) in [6.07, 6.45) is 6.69. The highest BCUT2D eigenvalue weighted by Gasteiger charge is 2.33. The number of fused-ring (bicyclic) bond motifs is 1. The van der Waals surface area contributed by atoms with Gasteiger partial charge in [-0.25, -0.2) is 4.98 Å². The van der Waals surface area contributed by atoms with Gasteiger partial charge in [0.05, 0.1) is 11.0 Å². The van der Waals surface area contributed by atoms with Gasteiger partial charge in [0.2, 0.25) is 0 Å². The van der Waals surface area contributed by atoms with E-state index in [-0.39, 0.29) is 24.0 Å². The van der Waals surface area contributed by atoms with Crippen LogP contribution in [0.3, 0.4) is 0 Å². The molecule has 2 N–H and O–H groups in total. The van der Waals surface area contributed by atoms with Crippen molar-refractivity contribution in [3.63, 3.8) is 0 Å². The number of halogens is 1. The minimum atomic E-state index is 0. The lowest BCUT2D eigenvalue weighted by molar-refractivity contribution is 0.256. The first-order valence-electron chi connectivity index (χ1n) is 10.8. The van der Waals surface area contributed by atoms with Crippen LogP contribution in [0.5, 0.6) is 0 Å². The third kappa shape index (κ3) is 6.31. The standard InChI is InChI=1S/C22H34N6.HI/c1-17-26-20-6-3-4-7-21(20)28(17)14-5-12-24-22(23-2)25-13-15-27(19-10-11-19)16-18-8-9-18;/h3-4,6-7,18-19H,5,8-16H2,1-2H3,(H2,23,24,25);1H. The topological polar surface area (TPSA) is 57.5 Å². The van der Waals surface area contributed by atoms with Crippen LogP contribution in [-0.2, 0) is 6.54 Å². The van der Waals surface area contributed by atoms with E-state index < -0.39 is 0 Å². The second-order valence-corrected chi connectivity index (χ2v) is 8.25. The quantitative estimate of drug-likeness (QED) is 0.223. The molecule has 0 amide bonds. The Morgan fingerprint density at radius 3 is 2.66 bits per heavy atom. The molecule has 160 valence electrons. The zero-order chi connectivity index (χ0) is 19.3. The monoisotopic (exact) mass is 510 g/mol. The Morgan fingerprint density at radius 1 is 1.17 bits per heavy atom. The highest BCUT2D eigenvalue weighted by Crippen LogP contribution is 2.34. The van der Waals surface area contributed by atoms with Gasteiger partial charge in [-0.2, -0.15) is 0 Å². The van der Waals surface area contributed by atoms with Crippen LogP contribution in [0.25, 0.3) is 11.0 Å². The summed E-state index contributed by atoms with van der Waals surface area (Å²) in [7, 11) is 1.85. The van der Waals surface area contributed by atoms with E-state index in [1.54, 1.807) is 0 Å². The van der Waals surface area contributed by atoms with Gasteiger partial charge in [-0.15, -0.1) is 24.0 Å². The molecule has 1 aromatic heterocycles. The van der Waals surface area contributed by atoms with Crippen molar-refractivity contribution in [2.45, 2.75) is 51.6 Å². The summed E-state index contributed by atoms with van der Waals surface area (Å²) >= 11 is 0. The van der Waals surface area contributed by atoms with E-state index in [0.717, 1.165) is 61.9 Å². The van der Waals surface area contributed by atoms with Gasteiger partial charge in [-0.1, -0.05) is 12.1 Å². The van der Waals surface area contributed by atoms with E-state index in [1.165, 1.54) is 37.7 Å². The Hall–Kier alpha value is -1.35. The number of rotatable bonds is 10. The number of hydrogen-bond donors (Lipinski definition) is 2. The lowest BCUT2D eigenvalue weighted by atomic mass is 10.3. The lowest BCUT2D eigenvalue weighted by Crippen LogP contribution is -2.42. The molecule has 0 saturated heterocycles. The van der Waals surface area contributed by atoms with Crippen LogP contribution in [0.4, 0.5) is 0 Å². The Bertz CT molecular complexity index is 809. The van der Waals surface area contributed by atoms with Gasteiger partial charge in [0.1, 0.15) is 5.82 Å². The number of nitrogens with zero attached hydrogens (tertiary/aromatic N) is 4. The number of para-hydroxylation sites is 2. The molecule has 0 atom stereocenters. The molecule has 29 heavy (non-hydrogen) atoms. The molecule has 6 nitrogen and oxygen atoms in total. The lowest BCUT2D eigenvalue weighted by Gasteiger charge is -2.22. The molecule has 0 aliphatic heterocycles. The molecule has 1 aromatic carbocycles. The molecule has 7 heteroatoms. The second-order valence-electron chi connectivity index (χ2n) is 8.25. The third-order valence-corrected chi connectivity index (χ3v) is 5.86. The fraction of sp³-hybridized carbons (Fsp3) is 0.636. The maximum absolute atomic E-state index is 4.65. The van der Waals surface area contributed by atoms with Crippen LogP contribution in [0.15, 0.2) is 29.3 Å². The van der Waals surface area contributed by atoms with E-state index in [1.807, 2.05) is 13.1 Å². The largest absolute Gasteiger partial charge is 0.356 e. The minimum absolute atomic E-state index is 0. The first-order valence-corrected chi connectivity index (χ1v) is 10.8. The van der Waals surface area contributed by atoms with Crippen LogP contribution in [-0.4, -0.2) is 59.7 Å². The first-order chi connectivity index (χ1) is 13.7. The smallest absolute Gasteiger partial charge is 0.191 e. The van der Waals surface area contributed by atoms with Gasteiger partial charge in [-0.05, 0) is 57.1 Å². The number of aliphatic imine (C=N–C) groups is 1. The van der Waals surface area contributed by atoms with E-state index in [2.05, 4.69) is 55.2 Å². The first kappa shape index (κ1) is 22.3. The second kappa shape index (κ2) is 10.6. The number of benzene rings is 1. The van der Waals surface area contributed by atoms with Crippen LogP contribution < -0.4 is 10.6 Å². The van der Waals surface area contributed by atoms with Crippen LogP contribution in [0.1, 0.15) is 37.9 Å². The Kier molecular flexibility index (Phi) is 8.17. The zero-order valence-electron chi connectivity index (χ0n) is 17.7. The van der Waals surface area contributed by atoms with E-state index in [4.69, 9.17) is 0 Å². The van der Waals surface area contributed by atoms with Crippen molar-refractivity contribution in [1.29, 1.82) is 0 Å². The summed E-state index contributed by atoms with van der Waals surface area (Å²) in [6.45, 7) is 7.35. The van der Waals surface area contributed by atoms with Crippen molar-refractivity contribution in [2.75, 3.05) is 33.2 Å². The molecule has 2 saturated carbocycles. The summed E-state index contributed by atoms with van der Waals surface area (Å²) in [5, 5.41) is 6.95. The molecule has 2 aliphatic carbocycles. The van der Waals surface area contributed by atoms with Crippen LogP contribution in [0, 0.1) is 12.8 Å². The predicted molar refractivity (Wildman–Crippen MR) is 131 cm³/mol. The molecule has 0 unspecified atom stereocenters. The van der Waals surface area contributed by atoms with Crippen molar-refractivity contribution in [3.05, 3.63) is 30.1 Å². The van der Waals surface area contributed by atoms with Crippen molar-refractivity contribution in [3.8, 4) is 0 Å². The maximum Gasteiger partial charge on any atom is 0.191 e. The Morgan fingerprint density at radius 2 is 1.93 bits per heavy atom. The summed E-state index contributed by atoms with van der Waals surface area (Å²) in [6, 6.07) is 9.21. The van der Waals surface area contributed by atoms with Gasteiger partial charge in [-0.3, -0.25) is 9.89 Å². The van der Waals surface area contributed by atoms with E-state index >= 15 is 0 Å². The minimum Gasteiger partial charge on any atom is -0.356 e. The number of guanidine groups is 1. The summed E-state index contributed by atoms with van der Waals surface area (Å²) < 4.78 is 2.30. The van der Waals surface area contributed by atoms with E-state index in [0.29, 0.717) is 0 Å². The molecule has 2 aliphatic rings. The number of imidazole rings is 1. The van der Waals surface area contributed by atoms with Crippen molar-refractivity contribution >= 4 is 41.0 Å². The van der Waals surface area contributed by atoms with Gasteiger partial charge < -0.3 is 15.2 Å². The molecule has 1 heterocycles. The van der Waals surface area contributed by atoms with E-state index in [9.17, 15) is 0 Å². The highest BCUT2D eigenvalue weighted by atomic mass is 127. The van der Waals surface area contributed by atoms with Crippen molar-refractivity contribution in [1.82, 2.24) is 25.1 Å². The number of aromatic nitrogens is 2. The molecule has 2 fully saturated rings. The maximum atomic E-state index is 4.65. The predicted octanol–water partition coefficient (Wildman–Crippen LogP) is 3.39. The number of hydrogen-bond acceptors (Lipinski definition) is 3. The van der Waals surface area contributed by atoms with Crippen LogP contribution in [0.2, 0.25) is 0 Å². The zero-order valence-corrected chi connectivity index (χ0v) is 20.1. The van der Waals surface area contributed by atoms with Gasteiger partial charge in [0.25, 0.3) is 0 Å². The SMILES string of the molecule is CN=C(NCCCn1c(C)nc2ccccc21)NCCN(CC1CC1)C1CC1.I. The summed E-state index contributed by atoms with van der Waals surface area (Å²) in [4.78, 5) is 11.7. The molecule has 4 rings (SSSR count). The molecule has 0 spiro atoms. The van der Waals surface area contributed by atoms with Gasteiger partial charge in [0.15, 0.2) is 5.96 Å². The van der Waals surface area contributed by atoms with Crippen molar-refractivity contribution in [2.24, 2.45) is 10.9 Å². The fourth-order valence-electron chi connectivity index (χ4n) is 3.96. The van der Waals surface area contributed by atoms with Crippen molar-refractivity contribution < 1.29 is 0 Å². The molecule has 0 bridgehead atoms. The summed E-state index contributed by atoms with van der Waals surface area (Å²) in [5.74, 6) is 2.97. The summed E-state index contributed by atoms with van der Waals surface area (Å²) in [5.41, 5.74) is 2.30. The van der Waals surface area contributed by atoms with Gasteiger partial charge >= 0.3 is 0 Å². The average molecular weight is 510 g/mol. The molecular weight excluding hydrogens is 475 g/mol. The molecular formula is C22H35IN6. The highest BCUT2D eigenvalue weighted by molar-refractivity contribution is 14.0. The Balaban J connectivity index is 0.00000240. The molecule has 0 radical (unpaired) electrons. The third-order valence-electron chi connectivity index (χ3n) is 5.86. The Labute approximate surface area is 191 Å². The molecule has 2 aromatic rings. The average Bonchev–Trinajstić information content (AvgIpc) is 3.61. The van der Waals surface area contributed by atoms with Crippen LogP contribution >= 0.6 is 24.0 Å². The normalized spacial score (nSPS) is 16.9.